The minimum Gasteiger partial charge on any atom is -0.349 e. The molecule has 0 saturated carbocycles. The Balaban J connectivity index is 1.90. The Morgan fingerprint density at radius 2 is 2.37 bits per heavy atom. The molecule has 1 aliphatic carbocycles. The molecule has 4 nitrogen and oxygen atoms in total. The molecule has 0 saturated heterocycles. The van der Waals surface area contributed by atoms with E-state index in [0.717, 1.165) is 24.8 Å². The summed E-state index contributed by atoms with van der Waals surface area (Å²) in [6, 6.07) is 6.11. The lowest BCUT2D eigenvalue weighted by molar-refractivity contribution is 0.573. The van der Waals surface area contributed by atoms with Crippen LogP contribution in [0.3, 0.4) is 0 Å². The molecule has 1 atom stereocenters. The fourth-order valence-corrected chi connectivity index (χ4v) is 2.74. The molecule has 2 N–H and O–H groups in total. The largest absolute Gasteiger partial charge is 0.349 e. The molecule has 4 heteroatoms. The van der Waals surface area contributed by atoms with Crippen molar-refractivity contribution in [2.24, 2.45) is 5.73 Å². The van der Waals surface area contributed by atoms with Gasteiger partial charge in [0.15, 0.2) is 0 Å². The van der Waals surface area contributed by atoms with Crippen molar-refractivity contribution in [1.29, 1.82) is 5.26 Å². The van der Waals surface area contributed by atoms with Gasteiger partial charge >= 0.3 is 0 Å². The first kappa shape index (κ1) is 11.9. The van der Waals surface area contributed by atoms with Crippen LogP contribution in [0.15, 0.2) is 30.7 Å². The summed E-state index contributed by atoms with van der Waals surface area (Å²) in [5, 5.41) is 9.06. The predicted octanol–water partition coefficient (Wildman–Crippen LogP) is 2.14. The molecular weight excluding hydrogens is 236 g/mol. The van der Waals surface area contributed by atoms with Gasteiger partial charge in [-0.3, -0.25) is 0 Å². The highest BCUT2D eigenvalue weighted by Crippen LogP contribution is 2.28. The topological polar surface area (TPSA) is 67.6 Å². The minimum absolute atomic E-state index is 0.161. The van der Waals surface area contributed by atoms with Gasteiger partial charge in [-0.1, -0.05) is 6.07 Å². The Morgan fingerprint density at radius 3 is 3.16 bits per heavy atom. The van der Waals surface area contributed by atoms with Crippen molar-refractivity contribution >= 4 is 0 Å². The maximum atomic E-state index is 9.06. The van der Waals surface area contributed by atoms with Crippen LogP contribution in [0.5, 0.6) is 0 Å². The van der Waals surface area contributed by atoms with E-state index >= 15 is 0 Å². The molecule has 2 aromatic rings. The molecular formula is C15H16N4. The maximum Gasteiger partial charge on any atom is 0.145 e. The number of fused-ring (bicyclic) bond motifs is 1. The standard InChI is InChI=1S/C15H16N4/c16-7-15-12(4-2-6-18-15)9-19-8-11-3-1-5-14(17)13(11)10-19/h2,4,6,8,10,14H,1,3,5,9,17H2. The third kappa shape index (κ3) is 2.25. The van der Waals surface area contributed by atoms with Gasteiger partial charge in [-0.25, -0.2) is 4.98 Å². The van der Waals surface area contributed by atoms with E-state index in [4.69, 9.17) is 11.0 Å². The number of rotatable bonds is 2. The zero-order valence-electron chi connectivity index (χ0n) is 10.7. The van der Waals surface area contributed by atoms with E-state index in [2.05, 4.69) is 28.0 Å². The molecule has 0 aromatic carbocycles. The van der Waals surface area contributed by atoms with Gasteiger partial charge in [0, 0.05) is 36.7 Å². The number of aryl methyl sites for hydroxylation is 1. The molecule has 3 rings (SSSR count). The molecule has 96 valence electrons. The Kier molecular flexibility index (Phi) is 3.06. The minimum atomic E-state index is 0.161. The molecule has 19 heavy (non-hydrogen) atoms. The normalized spacial score (nSPS) is 17.8. The predicted molar refractivity (Wildman–Crippen MR) is 72.4 cm³/mol. The molecule has 2 aromatic heterocycles. The van der Waals surface area contributed by atoms with E-state index in [9.17, 15) is 0 Å². The summed E-state index contributed by atoms with van der Waals surface area (Å²) in [4.78, 5) is 4.09. The molecule has 1 unspecified atom stereocenters. The van der Waals surface area contributed by atoms with Crippen LogP contribution in [0.2, 0.25) is 0 Å². The Hall–Kier alpha value is -2.12. The lowest BCUT2D eigenvalue weighted by Gasteiger charge is -2.17. The smallest absolute Gasteiger partial charge is 0.145 e. The molecule has 0 amide bonds. The third-order valence-corrected chi connectivity index (χ3v) is 3.71. The number of hydrogen-bond acceptors (Lipinski definition) is 3. The molecule has 0 spiro atoms. The summed E-state index contributed by atoms with van der Waals surface area (Å²) in [5.41, 5.74) is 10.2. The summed E-state index contributed by atoms with van der Waals surface area (Å²) in [7, 11) is 0. The zero-order chi connectivity index (χ0) is 13.2. The van der Waals surface area contributed by atoms with E-state index in [1.807, 2.05) is 12.1 Å². The first-order chi connectivity index (χ1) is 9.28. The fraction of sp³-hybridized carbons (Fsp3) is 0.333. The van der Waals surface area contributed by atoms with Crippen LogP contribution in [-0.2, 0) is 13.0 Å². The monoisotopic (exact) mass is 252 g/mol. The van der Waals surface area contributed by atoms with E-state index in [1.165, 1.54) is 11.1 Å². The van der Waals surface area contributed by atoms with Gasteiger partial charge in [0.05, 0.1) is 0 Å². The summed E-state index contributed by atoms with van der Waals surface area (Å²) in [5.74, 6) is 0. The van der Waals surface area contributed by atoms with Gasteiger partial charge in [0.2, 0.25) is 0 Å². The van der Waals surface area contributed by atoms with Crippen molar-refractivity contribution < 1.29 is 0 Å². The zero-order valence-corrected chi connectivity index (χ0v) is 10.7. The van der Waals surface area contributed by atoms with Crippen LogP contribution < -0.4 is 5.73 Å². The average Bonchev–Trinajstić information content (AvgIpc) is 2.83. The first-order valence-electron chi connectivity index (χ1n) is 6.56. The molecule has 0 radical (unpaired) electrons. The quantitative estimate of drug-likeness (QED) is 0.890. The van der Waals surface area contributed by atoms with Crippen LogP contribution in [0.25, 0.3) is 0 Å². The fourth-order valence-electron chi connectivity index (χ4n) is 2.74. The van der Waals surface area contributed by atoms with Crippen molar-refractivity contribution in [3.8, 4) is 6.07 Å². The molecule has 1 aliphatic rings. The van der Waals surface area contributed by atoms with E-state index in [-0.39, 0.29) is 6.04 Å². The summed E-state index contributed by atoms with van der Waals surface area (Å²) < 4.78 is 2.12. The summed E-state index contributed by atoms with van der Waals surface area (Å²) >= 11 is 0. The summed E-state index contributed by atoms with van der Waals surface area (Å²) in [6.45, 7) is 0.677. The number of nitrogens with zero attached hydrogens (tertiary/aromatic N) is 3. The Bertz CT molecular complexity index is 636. The lowest BCUT2D eigenvalue weighted by atomic mass is 9.92. The van der Waals surface area contributed by atoms with Crippen LogP contribution in [0, 0.1) is 11.3 Å². The highest BCUT2D eigenvalue weighted by Gasteiger charge is 2.18. The van der Waals surface area contributed by atoms with E-state index in [0.29, 0.717) is 12.2 Å². The highest BCUT2D eigenvalue weighted by molar-refractivity contribution is 5.33. The SMILES string of the molecule is N#Cc1ncccc1Cn1cc2c(c1)C(N)CCC2. The van der Waals surface area contributed by atoms with Crippen LogP contribution in [-0.4, -0.2) is 9.55 Å². The second kappa shape index (κ2) is 4.87. The Labute approximate surface area is 112 Å². The second-order valence-electron chi connectivity index (χ2n) is 5.03. The maximum absolute atomic E-state index is 9.06. The molecule has 0 aliphatic heterocycles. The van der Waals surface area contributed by atoms with Crippen LogP contribution >= 0.6 is 0 Å². The Morgan fingerprint density at radius 1 is 1.47 bits per heavy atom. The van der Waals surface area contributed by atoms with Crippen molar-refractivity contribution in [2.45, 2.75) is 31.8 Å². The van der Waals surface area contributed by atoms with Gasteiger partial charge in [-0.05, 0) is 36.5 Å². The van der Waals surface area contributed by atoms with E-state index < -0.39 is 0 Å². The number of pyridine rings is 1. The van der Waals surface area contributed by atoms with Crippen molar-refractivity contribution in [1.82, 2.24) is 9.55 Å². The average molecular weight is 252 g/mol. The second-order valence-corrected chi connectivity index (χ2v) is 5.03. The van der Waals surface area contributed by atoms with Crippen molar-refractivity contribution in [3.05, 3.63) is 53.1 Å². The van der Waals surface area contributed by atoms with Gasteiger partial charge in [-0.2, -0.15) is 5.26 Å². The molecule has 0 bridgehead atoms. The van der Waals surface area contributed by atoms with Crippen LogP contribution in [0.4, 0.5) is 0 Å². The summed E-state index contributed by atoms with van der Waals surface area (Å²) in [6.07, 6.45) is 9.25. The van der Waals surface area contributed by atoms with Gasteiger partial charge in [0.1, 0.15) is 11.8 Å². The first-order valence-corrected chi connectivity index (χ1v) is 6.56. The van der Waals surface area contributed by atoms with Crippen LogP contribution in [0.1, 0.15) is 41.3 Å². The molecule has 2 heterocycles. The van der Waals surface area contributed by atoms with Gasteiger partial charge < -0.3 is 10.3 Å². The van der Waals surface area contributed by atoms with Crippen molar-refractivity contribution in [3.63, 3.8) is 0 Å². The highest BCUT2D eigenvalue weighted by atomic mass is 14.9. The van der Waals surface area contributed by atoms with Gasteiger partial charge in [0.25, 0.3) is 0 Å². The number of aromatic nitrogens is 2. The third-order valence-electron chi connectivity index (χ3n) is 3.71. The number of nitriles is 1. The number of hydrogen-bond donors (Lipinski definition) is 1. The van der Waals surface area contributed by atoms with Gasteiger partial charge in [-0.15, -0.1) is 0 Å². The molecule has 0 fully saturated rings. The van der Waals surface area contributed by atoms with E-state index in [1.54, 1.807) is 6.20 Å². The number of nitrogens with two attached hydrogens (primary N) is 1. The van der Waals surface area contributed by atoms with Crippen molar-refractivity contribution in [2.75, 3.05) is 0 Å². The lowest BCUT2D eigenvalue weighted by Crippen LogP contribution is -2.15.